The van der Waals surface area contributed by atoms with Gasteiger partial charge in [0.25, 0.3) is 5.91 Å². The SMILES string of the molecule is CCCCc1c(-c2ccc(C)cc2)c(C(N)=O)c(C)n1CC1CCCCC1. The highest BCUT2D eigenvalue weighted by atomic mass is 16.1. The fourth-order valence-electron chi connectivity index (χ4n) is 4.61. The largest absolute Gasteiger partial charge is 0.366 e. The number of carbonyl (C=O) groups excluding carboxylic acids is 1. The van der Waals surface area contributed by atoms with E-state index >= 15 is 0 Å². The average Bonchev–Trinajstić information content (AvgIpc) is 2.93. The van der Waals surface area contributed by atoms with Crippen LogP contribution < -0.4 is 5.73 Å². The first-order valence-corrected chi connectivity index (χ1v) is 10.6. The zero-order valence-electron chi connectivity index (χ0n) is 17.2. The summed E-state index contributed by atoms with van der Waals surface area (Å²) in [5.41, 5.74) is 12.4. The van der Waals surface area contributed by atoms with Crippen LogP contribution in [0.1, 0.15) is 79.2 Å². The minimum atomic E-state index is -0.303. The van der Waals surface area contributed by atoms with Crippen molar-refractivity contribution in [2.75, 3.05) is 0 Å². The van der Waals surface area contributed by atoms with Gasteiger partial charge in [0.15, 0.2) is 0 Å². The van der Waals surface area contributed by atoms with E-state index < -0.39 is 0 Å². The third-order valence-electron chi connectivity index (χ3n) is 6.15. The Balaban J connectivity index is 2.11. The lowest BCUT2D eigenvalue weighted by Crippen LogP contribution is -2.18. The fourth-order valence-corrected chi connectivity index (χ4v) is 4.61. The van der Waals surface area contributed by atoms with Crippen molar-refractivity contribution in [1.82, 2.24) is 4.57 Å². The summed E-state index contributed by atoms with van der Waals surface area (Å²) in [6.45, 7) is 7.42. The Morgan fingerprint density at radius 3 is 2.37 bits per heavy atom. The predicted octanol–water partition coefficient (Wildman–Crippen LogP) is 5.79. The van der Waals surface area contributed by atoms with E-state index in [1.807, 2.05) is 0 Å². The second kappa shape index (κ2) is 8.77. The summed E-state index contributed by atoms with van der Waals surface area (Å²) in [7, 11) is 0. The highest BCUT2D eigenvalue weighted by Crippen LogP contribution is 2.36. The van der Waals surface area contributed by atoms with Crippen LogP contribution in [-0.2, 0) is 13.0 Å². The molecule has 1 amide bonds. The van der Waals surface area contributed by atoms with Crippen LogP contribution in [0.15, 0.2) is 24.3 Å². The first-order chi connectivity index (χ1) is 13.0. The number of unbranched alkanes of at least 4 members (excludes halogenated alkanes) is 1. The molecule has 1 aromatic carbocycles. The second-order valence-corrected chi connectivity index (χ2v) is 8.23. The van der Waals surface area contributed by atoms with Crippen molar-refractivity contribution in [1.29, 1.82) is 0 Å². The standard InChI is InChI=1S/C24H34N2O/c1-4-5-11-21-23(20-14-12-17(2)13-15-20)22(24(25)27)18(3)26(21)16-19-9-7-6-8-10-19/h12-15,19H,4-11,16H2,1-3H3,(H2,25,27). The van der Waals surface area contributed by atoms with Crippen molar-refractivity contribution < 1.29 is 4.79 Å². The summed E-state index contributed by atoms with van der Waals surface area (Å²) < 4.78 is 2.43. The van der Waals surface area contributed by atoms with Gasteiger partial charge in [-0.15, -0.1) is 0 Å². The number of rotatable bonds is 7. The molecule has 0 bridgehead atoms. The lowest BCUT2D eigenvalue weighted by Gasteiger charge is -2.24. The fraction of sp³-hybridized carbons (Fsp3) is 0.542. The van der Waals surface area contributed by atoms with E-state index in [1.54, 1.807) is 0 Å². The maximum absolute atomic E-state index is 12.4. The molecule has 3 nitrogen and oxygen atoms in total. The minimum absolute atomic E-state index is 0.303. The monoisotopic (exact) mass is 366 g/mol. The van der Waals surface area contributed by atoms with Gasteiger partial charge in [-0.2, -0.15) is 0 Å². The van der Waals surface area contributed by atoms with E-state index in [2.05, 4.69) is 49.6 Å². The molecule has 2 aromatic rings. The molecule has 1 heterocycles. The summed E-state index contributed by atoms with van der Waals surface area (Å²) in [5.74, 6) is 0.417. The smallest absolute Gasteiger partial charge is 0.251 e. The number of amides is 1. The molecule has 27 heavy (non-hydrogen) atoms. The number of benzene rings is 1. The maximum Gasteiger partial charge on any atom is 0.251 e. The minimum Gasteiger partial charge on any atom is -0.366 e. The van der Waals surface area contributed by atoms with Gasteiger partial charge in [0.2, 0.25) is 0 Å². The molecule has 0 radical (unpaired) electrons. The highest BCUT2D eigenvalue weighted by molar-refractivity contribution is 6.02. The molecule has 1 saturated carbocycles. The average molecular weight is 367 g/mol. The zero-order chi connectivity index (χ0) is 19.4. The van der Waals surface area contributed by atoms with Gasteiger partial charge in [0.05, 0.1) is 5.56 Å². The number of aromatic nitrogens is 1. The maximum atomic E-state index is 12.4. The van der Waals surface area contributed by atoms with E-state index in [1.165, 1.54) is 43.4 Å². The predicted molar refractivity (Wildman–Crippen MR) is 113 cm³/mol. The molecule has 1 aliphatic rings. The summed E-state index contributed by atoms with van der Waals surface area (Å²) in [4.78, 5) is 12.4. The van der Waals surface area contributed by atoms with Crippen LogP contribution in [0.5, 0.6) is 0 Å². The van der Waals surface area contributed by atoms with Gasteiger partial charge in [-0.3, -0.25) is 4.79 Å². The third-order valence-corrected chi connectivity index (χ3v) is 6.15. The van der Waals surface area contributed by atoms with Gasteiger partial charge in [0, 0.05) is 23.5 Å². The van der Waals surface area contributed by atoms with Gasteiger partial charge in [-0.05, 0) is 51.0 Å². The number of hydrogen-bond acceptors (Lipinski definition) is 1. The van der Waals surface area contributed by atoms with E-state index in [4.69, 9.17) is 5.73 Å². The molecular weight excluding hydrogens is 332 g/mol. The summed E-state index contributed by atoms with van der Waals surface area (Å²) in [6, 6.07) is 8.52. The molecule has 1 aromatic heterocycles. The topological polar surface area (TPSA) is 48.0 Å². The Morgan fingerprint density at radius 1 is 1.11 bits per heavy atom. The van der Waals surface area contributed by atoms with Crippen molar-refractivity contribution in [3.63, 3.8) is 0 Å². The molecule has 0 aliphatic heterocycles. The molecule has 3 rings (SSSR count). The summed E-state index contributed by atoms with van der Waals surface area (Å²) in [6.07, 6.45) is 9.92. The zero-order valence-corrected chi connectivity index (χ0v) is 17.2. The summed E-state index contributed by atoms with van der Waals surface area (Å²) in [5, 5.41) is 0. The van der Waals surface area contributed by atoms with E-state index in [-0.39, 0.29) is 5.91 Å². The van der Waals surface area contributed by atoms with Crippen LogP contribution in [0.25, 0.3) is 11.1 Å². The molecule has 0 atom stereocenters. The van der Waals surface area contributed by atoms with Gasteiger partial charge in [-0.25, -0.2) is 0 Å². The normalized spacial score (nSPS) is 15.2. The lowest BCUT2D eigenvalue weighted by molar-refractivity contribution is 0.1000. The Hall–Kier alpha value is -2.03. The molecule has 3 heteroatoms. The van der Waals surface area contributed by atoms with Crippen LogP contribution in [0, 0.1) is 19.8 Å². The van der Waals surface area contributed by atoms with Crippen molar-refractivity contribution in [2.45, 2.75) is 78.7 Å². The lowest BCUT2D eigenvalue weighted by atomic mass is 9.89. The van der Waals surface area contributed by atoms with Crippen molar-refractivity contribution >= 4 is 5.91 Å². The molecule has 146 valence electrons. The van der Waals surface area contributed by atoms with Crippen LogP contribution in [-0.4, -0.2) is 10.5 Å². The van der Waals surface area contributed by atoms with Crippen molar-refractivity contribution in [2.24, 2.45) is 11.7 Å². The van der Waals surface area contributed by atoms with Gasteiger partial charge >= 0.3 is 0 Å². The Labute approximate surface area is 164 Å². The summed E-state index contributed by atoms with van der Waals surface area (Å²) >= 11 is 0. The molecule has 1 fully saturated rings. The van der Waals surface area contributed by atoms with E-state index in [9.17, 15) is 4.79 Å². The molecule has 2 N–H and O–H groups in total. The number of primary amides is 1. The number of aryl methyl sites for hydroxylation is 1. The number of carbonyl (C=O) groups is 1. The van der Waals surface area contributed by atoms with Gasteiger partial charge < -0.3 is 10.3 Å². The van der Waals surface area contributed by atoms with E-state index in [0.717, 1.165) is 54.1 Å². The Morgan fingerprint density at radius 2 is 1.78 bits per heavy atom. The van der Waals surface area contributed by atoms with Gasteiger partial charge in [0.1, 0.15) is 0 Å². The quantitative estimate of drug-likeness (QED) is 0.662. The third kappa shape index (κ3) is 4.28. The van der Waals surface area contributed by atoms with Crippen LogP contribution in [0.2, 0.25) is 0 Å². The Kier molecular flexibility index (Phi) is 6.41. The van der Waals surface area contributed by atoms with Crippen LogP contribution in [0.4, 0.5) is 0 Å². The first-order valence-electron chi connectivity index (χ1n) is 10.6. The molecule has 0 saturated heterocycles. The highest BCUT2D eigenvalue weighted by Gasteiger charge is 2.26. The number of nitrogens with zero attached hydrogens (tertiary/aromatic N) is 1. The molecule has 1 aliphatic carbocycles. The molecular formula is C24H34N2O. The molecule has 0 spiro atoms. The Bertz CT molecular complexity index is 780. The van der Waals surface area contributed by atoms with Crippen LogP contribution in [0.3, 0.4) is 0 Å². The van der Waals surface area contributed by atoms with Crippen LogP contribution >= 0.6 is 0 Å². The second-order valence-electron chi connectivity index (χ2n) is 8.23. The van der Waals surface area contributed by atoms with Gasteiger partial charge in [-0.1, -0.05) is 62.4 Å². The van der Waals surface area contributed by atoms with Crippen molar-refractivity contribution in [3.05, 3.63) is 46.8 Å². The first kappa shape index (κ1) is 19.7. The molecule has 0 unspecified atom stereocenters. The number of nitrogens with two attached hydrogens (primary N) is 1. The number of hydrogen-bond donors (Lipinski definition) is 1. The van der Waals surface area contributed by atoms with Crippen molar-refractivity contribution in [3.8, 4) is 11.1 Å². The van der Waals surface area contributed by atoms with E-state index in [0.29, 0.717) is 0 Å².